The molecule has 1 aromatic carbocycles. The lowest BCUT2D eigenvalue weighted by Crippen LogP contribution is -2.12. The molecule has 2 aromatic heterocycles. The molecule has 0 saturated carbocycles. The fraction of sp³-hybridized carbons (Fsp3) is 0.333. The molecule has 120 valence electrons. The number of amides is 1. The number of hydrogen-bond donors (Lipinski definition) is 2. The van der Waals surface area contributed by atoms with Gasteiger partial charge in [-0.25, -0.2) is 0 Å². The monoisotopic (exact) mass is 311 g/mol. The lowest BCUT2D eigenvalue weighted by molar-refractivity contribution is 0.102. The normalized spacial score (nSPS) is 11.9. The standard InChI is InChI=1S/C18H21N3O2/c1-10-11(2)19-14-7-6-12(8-13(10)14)17(22)20-16-9-15(23-21-16)18(3,4)5/h6-9,19H,1-5H3,(H,20,21,22). The zero-order valence-electron chi connectivity index (χ0n) is 14.1. The van der Waals surface area contributed by atoms with Crippen LogP contribution in [0, 0.1) is 13.8 Å². The van der Waals surface area contributed by atoms with Gasteiger partial charge in [0.25, 0.3) is 5.91 Å². The Morgan fingerprint density at radius 1 is 1.22 bits per heavy atom. The van der Waals surface area contributed by atoms with Crippen LogP contribution in [0.15, 0.2) is 28.8 Å². The highest BCUT2D eigenvalue weighted by atomic mass is 16.5. The Bertz CT molecular complexity index is 881. The van der Waals surface area contributed by atoms with Crippen LogP contribution in [0.25, 0.3) is 10.9 Å². The average molecular weight is 311 g/mol. The summed E-state index contributed by atoms with van der Waals surface area (Å²) in [5.41, 5.74) is 3.76. The molecule has 0 radical (unpaired) electrons. The van der Waals surface area contributed by atoms with Crippen LogP contribution < -0.4 is 5.32 Å². The number of aryl methyl sites for hydroxylation is 2. The van der Waals surface area contributed by atoms with Crippen molar-refractivity contribution in [3.8, 4) is 0 Å². The third-order valence-corrected chi connectivity index (χ3v) is 4.06. The minimum absolute atomic E-state index is 0.144. The van der Waals surface area contributed by atoms with Crippen molar-refractivity contribution in [3.63, 3.8) is 0 Å². The SMILES string of the molecule is Cc1[nH]c2ccc(C(=O)Nc3cc(C(C)(C)C)on3)cc2c1C. The summed E-state index contributed by atoms with van der Waals surface area (Å²) in [6.45, 7) is 10.2. The largest absolute Gasteiger partial charge is 0.359 e. The van der Waals surface area contributed by atoms with Gasteiger partial charge in [-0.05, 0) is 37.6 Å². The fourth-order valence-electron chi connectivity index (χ4n) is 2.48. The molecule has 23 heavy (non-hydrogen) atoms. The van der Waals surface area contributed by atoms with Crippen molar-refractivity contribution in [2.45, 2.75) is 40.0 Å². The number of hydrogen-bond acceptors (Lipinski definition) is 3. The summed E-state index contributed by atoms with van der Waals surface area (Å²) in [5.74, 6) is 0.973. The highest BCUT2D eigenvalue weighted by molar-refractivity contribution is 6.06. The Morgan fingerprint density at radius 2 is 1.96 bits per heavy atom. The van der Waals surface area contributed by atoms with E-state index in [1.54, 1.807) is 12.1 Å². The highest BCUT2D eigenvalue weighted by Crippen LogP contribution is 2.25. The first-order valence-electron chi connectivity index (χ1n) is 7.63. The van der Waals surface area contributed by atoms with Gasteiger partial charge in [-0.15, -0.1) is 0 Å². The maximum atomic E-state index is 12.4. The van der Waals surface area contributed by atoms with Crippen LogP contribution in [-0.2, 0) is 5.41 Å². The lowest BCUT2D eigenvalue weighted by atomic mass is 9.93. The van der Waals surface area contributed by atoms with E-state index in [1.807, 2.05) is 46.8 Å². The quantitative estimate of drug-likeness (QED) is 0.740. The number of carbonyl (C=O) groups excluding carboxylic acids is 1. The molecule has 2 heterocycles. The molecule has 0 spiro atoms. The van der Waals surface area contributed by atoms with Crippen molar-refractivity contribution in [2.24, 2.45) is 0 Å². The Morgan fingerprint density at radius 3 is 2.61 bits per heavy atom. The summed E-state index contributed by atoms with van der Waals surface area (Å²) < 4.78 is 5.29. The van der Waals surface area contributed by atoms with Crippen LogP contribution in [0.5, 0.6) is 0 Å². The van der Waals surface area contributed by atoms with Crippen molar-refractivity contribution < 1.29 is 9.32 Å². The zero-order valence-corrected chi connectivity index (χ0v) is 14.1. The molecule has 2 N–H and O–H groups in total. The van der Waals surface area contributed by atoms with Crippen molar-refractivity contribution in [1.82, 2.24) is 10.1 Å². The van der Waals surface area contributed by atoms with E-state index >= 15 is 0 Å². The third kappa shape index (κ3) is 2.86. The molecule has 0 aliphatic heterocycles. The van der Waals surface area contributed by atoms with Gasteiger partial charge in [-0.2, -0.15) is 0 Å². The van der Waals surface area contributed by atoms with Gasteiger partial charge >= 0.3 is 0 Å². The molecule has 3 rings (SSSR count). The van der Waals surface area contributed by atoms with Gasteiger partial charge in [0.2, 0.25) is 0 Å². The number of anilines is 1. The van der Waals surface area contributed by atoms with Crippen molar-refractivity contribution in [2.75, 3.05) is 5.32 Å². The second kappa shape index (κ2) is 5.26. The van der Waals surface area contributed by atoms with E-state index in [1.165, 1.54) is 0 Å². The van der Waals surface area contributed by atoms with Gasteiger partial charge in [-0.1, -0.05) is 25.9 Å². The summed E-state index contributed by atoms with van der Waals surface area (Å²) in [7, 11) is 0. The van der Waals surface area contributed by atoms with Crippen LogP contribution in [-0.4, -0.2) is 16.0 Å². The Balaban J connectivity index is 1.86. The van der Waals surface area contributed by atoms with Gasteiger partial charge in [0, 0.05) is 33.6 Å². The Labute approximate surface area is 135 Å². The van der Waals surface area contributed by atoms with E-state index in [0.29, 0.717) is 11.4 Å². The average Bonchev–Trinajstić information content (AvgIpc) is 3.04. The van der Waals surface area contributed by atoms with Crippen LogP contribution in [0.2, 0.25) is 0 Å². The number of fused-ring (bicyclic) bond motifs is 1. The van der Waals surface area contributed by atoms with E-state index in [4.69, 9.17) is 4.52 Å². The summed E-state index contributed by atoms with van der Waals surface area (Å²) in [4.78, 5) is 15.7. The number of benzene rings is 1. The fourth-order valence-corrected chi connectivity index (χ4v) is 2.48. The van der Waals surface area contributed by atoms with Gasteiger partial charge in [0.15, 0.2) is 5.82 Å². The molecular formula is C18H21N3O2. The molecule has 3 aromatic rings. The number of aromatic nitrogens is 2. The molecule has 0 aliphatic rings. The van der Waals surface area contributed by atoms with E-state index in [2.05, 4.69) is 15.5 Å². The lowest BCUT2D eigenvalue weighted by Gasteiger charge is -2.12. The molecule has 1 amide bonds. The maximum absolute atomic E-state index is 12.4. The Hall–Kier alpha value is -2.56. The first-order valence-corrected chi connectivity index (χ1v) is 7.63. The molecule has 0 fully saturated rings. The summed E-state index contributed by atoms with van der Waals surface area (Å²) in [5, 5.41) is 7.77. The molecule has 0 bridgehead atoms. The van der Waals surface area contributed by atoms with E-state index in [-0.39, 0.29) is 11.3 Å². The number of aromatic amines is 1. The number of nitrogens with one attached hydrogen (secondary N) is 2. The summed E-state index contributed by atoms with van der Waals surface area (Å²) in [6.07, 6.45) is 0. The minimum Gasteiger partial charge on any atom is -0.359 e. The highest BCUT2D eigenvalue weighted by Gasteiger charge is 2.20. The molecule has 0 atom stereocenters. The van der Waals surface area contributed by atoms with Crippen molar-refractivity contribution in [3.05, 3.63) is 46.8 Å². The molecule has 0 aliphatic carbocycles. The van der Waals surface area contributed by atoms with Crippen LogP contribution in [0.4, 0.5) is 5.82 Å². The number of H-pyrrole nitrogens is 1. The van der Waals surface area contributed by atoms with Crippen LogP contribution in [0.3, 0.4) is 0 Å². The number of carbonyl (C=O) groups is 1. The molecular weight excluding hydrogens is 290 g/mol. The molecule has 5 nitrogen and oxygen atoms in total. The summed E-state index contributed by atoms with van der Waals surface area (Å²) >= 11 is 0. The van der Waals surface area contributed by atoms with Gasteiger partial charge in [0.1, 0.15) is 5.76 Å². The minimum atomic E-state index is -0.195. The molecule has 0 saturated heterocycles. The maximum Gasteiger partial charge on any atom is 0.256 e. The van der Waals surface area contributed by atoms with E-state index in [9.17, 15) is 4.79 Å². The van der Waals surface area contributed by atoms with Gasteiger partial charge in [-0.3, -0.25) is 4.79 Å². The first kappa shape index (κ1) is 15.3. The number of nitrogens with zero attached hydrogens (tertiary/aromatic N) is 1. The smallest absolute Gasteiger partial charge is 0.256 e. The number of rotatable bonds is 2. The predicted octanol–water partition coefficient (Wildman–Crippen LogP) is 4.32. The topological polar surface area (TPSA) is 70.9 Å². The predicted molar refractivity (Wildman–Crippen MR) is 90.9 cm³/mol. The van der Waals surface area contributed by atoms with Crippen LogP contribution >= 0.6 is 0 Å². The van der Waals surface area contributed by atoms with Crippen molar-refractivity contribution >= 4 is 22.6 Å². The third-order valence-electron chi connectivity index (χ3n) is 4.06. The molecule has 5 heteroatoms. The van der Waals surface area contributed by atoms with Gasteiger partial charge in [0.05, 0.1) is 0 Å². The van der Waals surface area contributed by atoms with E-state index < -0.39 is 0 Å². The van der Waals surface area contributed by atoms with Gasteiger partial charge < -0.3 is 14.8 Å². The summed E-state index contributed by atoms with van der Waals surface area (Å²) in [6, 6.07) is 7.39. The van der Waals surface area contributed by atoms with Crippen LogP contribution in [0.1, 0.15) is 48.1 Å². The zero-order chi connectivity index (χ0) is 16.8. The molecule has 0 unspecified atom stereocenters. The second-order valence-corrected chi connectivity index (χ2v) is 6.92. The Kier molecular flexibility index (Phi) is 3.51. The first-order chi connectivity index (χ1) is 10.8. The van der Waals surface area contributed by atoms with E-state index in [0.717, 1.165) is 27.9 Å². The van der Waals surface area contributed by atoms with Crippen molar-refractivity contribution in [1.29, 1.82) is 0 Å². The second-order valence-electron chi connectivity index (χ2n) is 6.92.